The molecule has 0 aromatic heterocycles. The Morgan fingerprint density at radius 3 is 2.48 bits per heavy atom. The highest BCUT2D eigenvalue weighted by atomic mass is 16.6. The number of alkyl carbamates (subject to hydrolysis) is 1. The Kier molecular flexibility index (Phi) is 9.77. The van der Waals surface area contributed by atoms with Crippen molar-refractivity contribution in [2.24, 2.45) is 0 Å². The molecule has 0 saturated heterocycles. The summed E-state index contributed by atoms with van der Waals surface area (Å²) < 4.78 is 10.4. The van der Waals surface area contributed by atoms with Crippen molar-refractivity contribution in [2.75, 3.05) is 26.7 Å². The van der Waals surface area contributed by atoms with Crippen molar-refractivity contribution in [2.45, 2.75) is 45.4 Å². The number of likely N-dealkylation sites (N-methyl/N-ethyl adjacent to an activating group) is 1. The molecule has 0 unspecified atom stereocenters. The van der Waals surface area contributed by atoms with Crippen LogP contribution in [0.15, 0.2) is 30.3 Å². The summed E-state index contributed by atoms with van der Waals surface area (Å²) in [6, 6.07) is 9.10. The molecule has 0 bridgehead atoms. The molecule has 0 fully saturated rings. The van der Waals surface area contributed by atoms with Gasteiger partial charge in [-0.15, -0.1) is 0 Å². The summed E-state index contributed by atoms with van der Waals surface area (Å²) in [6.07, 6.45) is -0.189. The highest BCUT2D eigenvalue weighted by Crippen LogP contribution is 2.07. The molecule has 1 aromatic carbocycles. The number of esters is 1. The van der Waals surface area contributed by atoms with Crippen LogP contribution >= 0.6 is 0 Å². The van der Waals surface area contributed by atoms with E-state index in [4.69, 9.17) is 14.6 Å². The number of hydrogen-bond acceptors (Lipinski definition) is 7. The van der Waals surface area contributed by atoms with E-state index in [-0.39, 0.29) is 31.8 Å². The van der Waals surface area contributed by atoms with E-state index in [0.717, 1.165) is 5.56 Å². The number of rotatable bonds is 10. The van der Waals surface area contributed by atoms with Gasteiger partial charge in [0.2, 0.25) is 0 Å². The molecule has 1 aromatic rings. The fourth-order valence-electron chi connectivity index (χ4n) is 2.15. The second kappa shape index (κ2) is 11.5. The summed E-state index contributed by atoms with van der Waals surface area (Å²) in [4.78, 5) is 23.8. The third kappa shape index (κ3) is 11.2. The van der Waals surface area contributed by atoms with Gasteiger partial charge in [0.25, 0.3) is 0 Å². The van der Waals surface area contributed by atoms with Crippen molar-refractivity contribution in [3.63, 3.8) is 0 Å². The van der Waals surface area contributed by atoms with E-state index in [2.05, 4.69) is 10.7 Å². The molecular weight excluding hydrogens is 350 g/mol. The maximum atomic E-state index is 11.9. The number of hydrazine groups is 1. The largest absolute Gasteiger partial charge is 0.460 e. The zero-order valence-corrected chi connectivity index (χ0v) is 16.5. The molecule has 0 heterocycles. The number of ether oxygens (including phenoxy) is 2. The molecule has 0 radical (unpaired) electrons. The van der Waals surface area contributed by atoms with Crippen LogP contribution in [-0.2, 0) is 20.9 Å². The molecule has 1 amide bonds. The van der Waals surface area contributed by atoms with Crippen molar-refractivity contribution in [3.8, 4) is 0 Å². The van der Waals surface area contributed by atoms with E-state index in [1.54, 1.807) is 32.8 Å². The van der Waals surface area contributed by atoms with Crippen molar-refractivity contribution in [1.82, 2.24) is 15.8 Å². The molecule has 0 aliphatic carbocycles. The van der Waals surface area contributed by atoms with Gasteiger partial charge < -0.3 is 19.9 Å². The smallest absolute Gasteiger partial charge is 0.407 e. The van der Waals surface area contributed by atoms with Gasteiger partial charge in [-0.2, -0.15) is 0 Å². The van der Waals surface area contributed by atoms with Crippen LogP contribution in [-0.4, -0.2) is 60.6 Å². The number of amides is 1. The monoisotopic (exact) mass is 381 g/mol. The Hall–Kier alpha value is -2.16. The molecule has 27 heavy (non-hydrogen) atoms. The molecule has 0 aliphatic rings. The maximum Gasteiger partial charge on any atom is 0.407 e. The number of carbonyl (C=O) groups excluding carboxylic acids is 2. The average molecular weight is 381 g/mol. The number of carbonyl (C=O) groups is 2. The standard InChI is InChI=1S/C19H31N3O5/c1-19(2,3)27-18(25)21-16(10-11-23)12-20-22(4)13-17(24)26-14-15-8-6-5-7-9-15/h5-9,16,20,23H,10-14H2,1-4H3,(H,21,25)/t16-/m1/s1. The van der Waals surface area contributed by atoms with Gasteiger partial charge in [-0.3, -0.25) is 10.2 Å². The SMILES string of the molecule is CN(CC(=O)OCc1ccccc1)NC[C@@H](CCO)NC(=O)OC(C)(C)C. The summed E-state index contributed by atoms with van der Waals surface area (Å²) in [6.45, 7) is 5.86. The van der Waals surface area contributed by atoms with Crippen LogP contribution in [0.3, 0.4) is 0 Å². The number of nitrogens with one attached hydrogen (secondary N) is 2. The summed E-state index contributed by atoms with van der Waals surface area (Å²) >= 11 is 0. The zero-order valence-electron chi connectivity index (χ0n) is 16.5. The summed E-state index contributed by atoms with van der Waals surface area (Å²) in [7, 11) is 1.70. The quantitative estimate of drug-likeness (QED) is 0.416. The number of benzene rings is 1. The Balaban J connectivity index is 2.34. The Morgan fingerprint density at radius 2 is 1.89 bits per heavy atom. The maximum absolute atomic E-state index is 11.9. The first-order valence-corrected chi connectivity index (χ1v) is 8.94. The van der Waals surface area contributed by atoms with Crippen LogP contribution in [0.2, 0.25) is 0 Å². The van der Waals surface area contributed by atoms with Gasteiger partial charge in [0.05, 0.1) is 0 Å². The van der Waals surface area contributed by atoms with Gasteiger partial charge in [-0.1, -0.05) is 30.3 Å². The molecular formula is C19H31N3O5. The van der Waals surface area contributed by atoms with E-state index in [1.165, 1.54) is 0 Å². The lowest BCUT2D eigenvalue weighted by molar-refractivity contribution is -0.146. The van der Waals surface area contributed by atoms with Crippen LogP contribution < -0.4 is 10.7 Å². The Labute approximate surface area is 160 Å². The van der Waals surface area contributed by atoms with Gasteiger partial charge in [0, 0.05) is 26.2 Å². The van der Waals surface area contributed by atoms with Crippen LogP contribution in [0.4, 0.5) is 4.79 Å². The lowest BCUT2D eigenvalue weighted by Crippen LogP contribution is -2.49. The predicted molar refractivity (Wildman–Crippen MR) is 102 cm³/mol. The van der Waals surface area contributed by atoms with Gasteiger partial charge in [0.1, 0.15) is 18.8 Å². The second-order valence-electron chi connectivity index (χ2n) is 7.22. The number of aliphatic hydroxyl groups is 1. The summed E-state index contributed by atoms with van der Waals surface area (Å²) in [5.74, 6) is -0.368. The normalized spacial score (nSPS) is 12.5. The van der Waals surface area contributed by atoms with Gasteiger partial charge >= 0.3 is 12.1 Å². The van der Waals surface area contributed by atoms with E-state index < -0.39 is 11.7 Å². The fourth-order valence-corrected chi connectivity index (χ4v) is 2.15. The molecule has 8 heteroatoms. The van der Waals surface area contributed by atoms with Gasteiger partial charge in [-0.05, 0) is 32.8 Å². The van der Waals surface area contributed by atoms with Crippen molar-refractivity contribution < 1.29 is 24.2 Å². The molecule has 8 nitrogen and oxygen atoms in total. The third-order valence-corrected chi connectivity index (χ3v) is 3.41. The average Bonchev–Trinajstić information content (AvgIpc) is 2.57. The van der Waals surface area contributed by atoms with E-state index in [9.17, 15) is 9.59 Å². The Bertz CT molecular complexity index is 574. The fraction of sp³-hybridized carbons (Fsp3) is 0.579. The minimum absolute atomic E-state index is 0.0467. The van der Waals surface area contributed by atoms with E-state index in [1.807, 2.05) is 30.3 Å². The first-order chi connectivity index (χ1) is 12.7. The van der Waals surface area contributed by atoms with Crippen LogP contribution in [0.1, 0.15) is 32.8 Å². The molecule has 152 valence electrons. The number of nitrogens with zero attached hydrogens (tertiary/aromatic N) is 1. The molecule has 1 atom stereocenters. The first kappa shape index (κ1) is 22.9. The van der Waals surface area contributed by atoms with Crippen LogP contribution in [0.25, 0.3) is 0 Å². The topological polar surface area (TPSA) is 100 Å². The summed E-state index contributed by atoms with van der Waals surface area (Å²) in [5, 5.41) is 13.4. The second-order valence-corrected chi connectivity index (χ2v) is 7.22. The van der Waals surface area contributed by atoms with E-state index >= 15 is 0 Å². The predicted octanol–water partition coefficient (Wildman–Crippen LogP) is 1.44. The van der Waals surface area contributed by atoms with Crippen LogP contribution in [0.5, 0.6) is 0 Å². The van der Waals surface area contributed by atoms with E-state index in [0.29, 0.717) is 13.0 Å². The molecule has 0 spiro atoms. The molecule has 0 aliphatic heterocycles. The minimum Gasteiger partial charge on any atom is -0.460 e. The Morgan fingerprint density at radius 1 is 1.22 bits per heavy atom. The highest BCUT2D eigenvalue weighted by Gasteiger charge is 2.19. The first-order valence-electron chi connectivity index (χ1n) is 8.94. The van der Waals surface area contributed by atoms with Gasteiger partial charge in [0.15, 0.2) is 0 Å². The number of hydrogen-bond donors (Lipinski definition) is 3. The van der Waals surface area contributed by atoms with Crippen LogP contribution in [0, 0.1) is 0 Å². The number of aliphatic hydroxyl groups excluding tert-OH is 1. The molecule has 1 rings (SSSR count). The lowest BCUT2D eigenvalue weighted by atomic mass is 10.2. The van der Waals surface area contributed by atoms with Crippen molar-refractivity contribution >= 4 is 12.1 Å². The molecule has 0 saturated carbocycles. The highest BCUT2D eigenvalue weighted by molar-refractivity contribution is 5.71. The molecule has 3 N–H and O–H groups in total. The zero-order chi connectivity index (χ0) is 20.3. The minimum atomic E-state index is -0.597. The van der Waals surface area contributed by atoms with Crippen molar-refractivity contribution in [1.29, 1.82) is 0 Å². The summed E-state index contributed by atoms with van der Waals surface area (Å²) in [5.41, 5.74) is 3.34. The van der Waals surface area contributed by atoms with Gasteiger partial charge in [-0.25, -0.2) is 9.80 Å². The van der Waals surface area contributed by atoms with Crippen molar-refractivity contribution in [3.05, 3.63) is 35.9 Å². The third-order valence-electron chi connectivity index (χ3n) is 3.41. The lowest BCUT2D eigenvalue weighted by Gasteiger charge is -2.25.